The Morgan fingerprint density at radius 3 is 2.45 bits per heavy atom. The number of carbonyl (C=O) groups is 1. The Hall–Kier alpha value is -3.69. The smallest absolute Gasteiger partial charge is 0.304 e. The molecule has 0 unspecified atom stereocenters. The highest BCUT2D eigenvalue weighted by atomic mass is 35.5. The van der Waals surface area contributed by atoms with Crippen molar-refractivity contribution in [3.8, 4) is 45.3 Å². The number of methoxy groups -OCH3 is 2. The lowest BCUT2D eigenvalue weighted by atomic mass is 9.99. The van der Waals surface area contributed by atoms with Crippen LogP contribution in [0.25, 0.3) is 33.6 Å². The van der Waals surface area contributed by atoms with E-state index in [1.807, 2.05) is 61.6 Å². The van der Waals surface area contributed by atoms with Crippen LogP contribution >= 0.6 is 23.2 Å². The Labute approximate surface area is 243 Å². The zero-order valence-corrected chi connectivity index (χ0v) is 23.9. The van der Waals surface area contributed by atoms with Crippen LogP contribution < -0.4 is 20.1 Å². The summed E-state index contributed by atoms with van der Waals surface area (Å²) in [6.45, 7) is 1.44. The first-order valence-electron chi connectivity index (χ1n) is 12.6. The van der Waals surface area contributed by atoms with Gasteiger partial charge in [-0.1, -0.05) is 47.5 Å². The van der Waals surface area contributed by atoms with Crippen molar-refractivity contribution < 1.29 is 19.4 Å². The Kier molecular flexibility index (Phi) is 9.95. The number of nitrogens with zero attached hydrogens (tertiary/aromatic N) is 2. The molecule has 8 nitrogen and oxygen atoms in total. The summed E-state index contributed by atoms with van der Waals surface area (Å²) in [5, 5.41) is 16.1. The van der Waals surface area contributed by atoms with Gasteiger partial charge in [-0.25, -0.2) is 4.98 Å². The molecule has 0 spiro atoms. The maximum absolute atomic E-state index is 10.8. The molecule has 0 fully saturated rings. The molecule has 2 aromatic carbocycles. The number of hydrogen-bond donors (Lipinski definition) is 3. The van der Waals surface area contributed by atoms with Gasteiger partial charge in [-0.15, -0.1) is 0 Å². The molecule has 0 radical (unpaired) electrons. The number of aromatic nitrogens is 2. The minimum atomic E-state index is -0.852. The van der Waals surface area contributed by atoms with Crippen molar-refractivity contribution in [3.63, 3.8) is 0 Å². The van der Waals surface area contributed by atoms with Crippen molar-refractivity contribution in [2.45, 2.75) is 19.5 Å². The van der Waals surface area contributed by atoms with Gasteiger partial charge in [0.1, 0.15) is 5.75 Å². The van der Waals surface area contributed by atoms with E-state index in [9.17, 15) is 4.79 Å². The lowest BCUT2D eigenvalue weighted by Gasteiger charge is -2.15. The molecule has 0 bridgehead atoms. The molecule has 0 aliphatic carbocycles. The molecule has 0 atom stereocenters. The van der Waals surface area contributed by atoms with Gasteiger partial charge in [0.15, 0.2) is 0 Å². The van der Waals surface area contributed by atoms with Crippen molar-refractivity contribution in [2.24, 2.45) is 0 Å². The molecule has 0 saturated heterocycles. The molecular formula is C30H30Cl2N4O4. The summed E-state index contributed by atoms with van der Waals surface area (Å²) in [4.78, 5) is 20.1. The highest BCUT2D eigenvalue weighted by Crippen LogP contribution is 2.42. The number of hydrogen-bond acceptors (Lipinski definition) is 7. The number of pyridine rings is 2. The summed E-state index contributed by atoms with van der Waals surface area (Å²) in [6, 6.07) is 17.1. The van der Waals surface area contributed by atoms with E-state index >= 15 is 0 Å². The molecule has 208 valence electrons. The zero-order valence-electron chi connectivity index (χ0n) is 22.4. The third-order valence-electron chi connectivity index (χ3n) is 6.27. The number of carboxylic acids is 1. The molecule has 40 heavy (non-hydrogen) atoms. The van der Waals surface area contributed by atoms with Crippen LogP contribution in [0.2, 0.25) is 10.0 Å². The lowest BCUT2D eigenvalue weighted by Crippen LogP contribution is -2.17. The van der Waals surface area contributed by atoms with Crippen LogP contribution in [0.4, 0.5) is 0 Å². The number of benzene rings is 2. The highest BCUT2D eigenvalue weighted by Gasteiger charge is 2.18. The fraction of sp³-hybridized carbons (Fsp3) is 0.233. The molecule has 0 saturated carbocycles. The third kappa shape index (κ3) is 6.71. The van der Waals surface area contributed by atoms with Gasteiger partial charge in [0.05, 0.1) is 42.1 Å². The molecule has 10 heteroatoms. The molecule has 0 aliphatic rings. The van der Waals surface area contributed by atoms with E-state index in [2.05, 4.69) is 20.6 Å². The van der Waals surface area contributed by atoms with Gasteiger partial charge < -0.3 is 25.2 Å². The largest absolute Gasteiger partial charge is 0.497 e. The molecule has 2 aromatic heterocycles. The van der Waals surface area contributed by atoms with Crippen molar-refractivity contribution >= 4 is 29.2 Å². The second-order valence-corrected chi connectivity index (χ2v) is 9.73. The van der Waals surface area contributed by atoms with Gasteiger partial charge in [0.25, 0.3) is 0 Å². The maximum atomic E-state index is 10.8. The molecule has 3 N–H and O–H groups in total. The lowest BCUT2D eigenvalue weighted by molar-refractivity contribution is -0.136. The van der Waals surface area contributed by atoms with Crippen LogP contribution in [0.1, 0.15) is 17.5 Å². The van der Waals surface area contributed by atoms with Crippen molar-refractivity contribution in [3.05, 3.63) is 82.0 Å². The third-order valence-corrected chi connectivity index (χ3v) is 7.06. The summed E-state index contributed by atoms with van der Waals surface area (Å²) in [7, 11) is 5.05. The second-order valence-electron chi connectivity index (χ2n) is 8.97. The van der Waals surface area contributed by atoms with E-state index in [0.717, 1.165) is 33.4 Å². The van der Waals surface area contributed by atoms with Crippen LogP contribution in [0, 0.1) is 0 Å². The van der Waals surface area contributed by atoms with E-state index < -0.39 is 5.97 Å². The standard InChI is InChI=1S/C30H30Cl2N4O4/c1-33-17-19-7-8-25(36-30(19)40-3)24-6-4-5-22(27(24)31)23-9-12-35-29(28(23)32)20-13-18(14-21(15-20)39-2)16-34-11-10-26(37)38/h4-9,12-15,33-34H,10-11,16-17H2,1-3H3,(H,37,38). The molecule has 0 aliphatic heterocycles. The molecule has 0 amide bonds. The predicted molar refractivity (Wildman–Crippen MR) is 158 cm³/mol. The summed E-state index contributed by atoms with van der Waals surface area (Å²) in [5.41, 5.74) is 6.08. The van der Waals surface area contributed by atoms with E-state index in [4.69, 9.17) is 37.8 Å². The van der Waals surface area contributed by atoms with Gasteiger partial charge in [-0.2, -0.15) is 0 Å². The van der Waals surface area contributed by atoms with E-state index in [0.29, 0.717) is 52.7 Å². The van der Waals surface area contributed by atoms with Crippen LogP contribution in [-0.2, 0) is 17.9 Å². The highest BCUT2D eigenvalue weighted by molar-refractivity contribution is 6.39. The second kappa shape index (κ2) is 13.6. The number of carboxylic acid groups (broad SMARTS) is 1. The van der Waals surface area contributed by atoms with Crippen LogP contribution in [-0.4, -0.2) is 48.9 Å². The maximum Gasteiger partial charge on any atom is 0.304 e. The van der Waals surface area contributed by atoms with E-state index in [1.54, 1.807) is 20.4 Å². The van der Waals surface area contributed by atoms with E-state index in [-0.39, 0.29) is 6.42 Å². The zero-order chi connectivity index (χ0) is 28.6. The van der Waals surface area contributed by atoms with Crippen molar-refractivity contribution in [1.29, 1.82) is 0 Å². The van der Waals surface area contributed by atoms with Crippen LogP contribution in [0.5, 0.6) is 11.6 Å². The normalized spacial score (nSPS) is 10.9. The molecule has 2 heterocycles. The predicted octanol–water partition coefficient (Wildman–Crippen LogP) is 6.09. The SMILES string of the molecule is CNCc1ccc(-c2cccc(-c3ccnc(-c4cc(CNCCC(=O)O)cc(OC)c4)c3Cl)c2Cl)nc1OC. The minimum absolute atomic E-state index is 0.0362. The molecule has 4 aromatic rings. The van der Waals surface area contributed by atoms with Gasteiger partial charge in [-0.3, -0.25) is 9.78 Å². The summed E-state index contributed by atoms with van der Waals surface area (Å²) < 4.78 is 11.0. The summed E-state index contributed by atoms with van der Waals surface area (Å²) in [6.07, 6.45) is 1.73. The Morgan fingerprint density at radius 2 is 1.73 bits per heavy atom. The minimum Gasteiger partial charge on any atom is -0.497 e. The van der Waals surface area contributed by atoms with Crippen molar-refractivity contribution in [1.82, 2.24) is 20.6 Å². The average molecular weight is 582 g/mol. The topological polar surface area (TPSA) is 106 Å². The van der Waals surface area contributed by atoms with Gasteiger partial charge >= 0.3 is 5.97 Å². The van der Waals surface area contributed by atoms with Crippen LogP contribution in [0.15, 0.2) is 60.8 Å². The molecule has 4 rings (SSSR count). The average Bonchev–Trinajstić information content (AvgIpc) is 2.96. The first-order chi connectivity index (χ1) is 19.4. The Balaban J connectivity index is 1.72. The fourth-order valence-corrected chi connectivity index (χ4v) is 5.00. The van der Waals surface area contributed by atoms with E-state index in [1.165, 1.54) is 0 Å². The number of halogens is 2. The summed E-state index contributed by atoms with van der Waals surface area (Å²) in [5.74, 6) is 0.316. The van der Waals surface area contributed by atoms with Crippen LogP contribution in [0.3, 0.4) is 0 Å². The van der Waals surface area contributed by atoms with Gasteiger partial charge in [0.2, 0.25) is 5.88 Å². The number of aliphatic carboxylic acids is 1. The summed E-state index contributed by atoms with van der Waals surface area (Å²) >= 11 is 13.9. The van der Waals surface area contributed by atoms with Gasteiger partial charge in [0, 0.05) is 53.6 Å². The molecular weight excluding hydrogens is 551 g/mol. The number of nitrogens with one attached hydrogen (secondary N) is 2. The first kappa shape index (κ1) is 29.3. The number of ether oxygens (including phenoxy) is 2. The number of rotatable bonds is 12. The van der Waals surface area contributed by atoms with Gasteiger partial charge in [-0.05, 0) is 42.9 Å². The Morgan fingerprint density at radius 1 is 0.950 bits per heavy atom. The monoisotopic (exact) mass is 580 g/mol. The first-order valence-corrected chi connectivity index (χ1v) is 13.3. The van der Waals surface area contributed by atoms with Crippen molar-refractivity contribution in [2.75, 3.05) is 27.8 Å². The Bertz CT molecular complexity index is 1510. The quantitative estimate of drug-likeness (QED) is 0.173. The fourth-order valence-electron chi connectivity index (χ4n) is 4.36.